The molecule has 3 heterocycles. The van der Waals surface area contributed by atoms with Crippen molar-refractivity contribution < 1.29 is 4.74 Å². The maximum atomic E-state index is 5.99. The van der Waals surface area contributed by atoms with Crippen LogP contribution in [0.5, 0.6) is 5.75 Å². The molecule has 2 aromatic carbocycles. The van der Waals surface area contributed by atoms with Crippen molar-refractivity contribution in [3.8, 4) is 28.4 Å². The van der Waals surface area contributed by atoms with Crippen molar-refractivity contribution in [1.82, 2.24) is 30.3 Å². The first kappa shape index (κ1) is 22.6. The highest BCUT2D eigenvalue weighted by Gasteiger charge is 2.19. The average molecular weight is 459 g/mol. The van der Waals surface area contributed by atoms with Gasteiger partial charge in [0.05, 0.1) is 17.8 Å². The van der Waals surface area contributed by atoms with Crippen molar-refractivity contribution in [2.75, 3.05) is 26.2 Å². The normalized spacial score (nSPS) is 15.1. The van der Waals surface area contributed by atoms with E-state index in [1.54, 1.807) is 0 Å². The molecule has 0 atom stereocenters. The van der Waals surface area contributed by atoms with Gasteiger partial charge in [-0.1, -0.05) is 27.2 Å². The number of hydrogen-bond donors (Lipinski definition) is 2. The predicted molar refractivity (Wildman–Crippen MR) is 136 cm³/mol. The Labute approximate surface area is 200 Å². The van der Waals surface area contributed by atoms with Crippen molar-refractivity contribution in [1.29, 1.82) is 0 Å². The van der Waals surface area contributed by atoms with Gasteiger partial charge in [-0.25, -0.2) is 4.98 Å². The molecule has 34 heavy (non-hydrogen) atoms. The van der Waals surface area contributed by atoms with E-state index in [2.05, 4.69) is 64.3 Å². The third-order valence-electron chi connectivity index (χ3n) is 6.48. The lowest BCUT2D eigenvalue weighted by Gasteiger charge is -2.26. The van der Waals surface area contributed by atoms with Crippen LogP contribution in [0.3, 0.4) is 0 Å². The zero-order valence-electron chi connectivity index (χ0n) is 20.4. The molecule has 0 radical (unpaired) electrons. The molecular formula is C27H34N6O. The van der Waals surface area contributed by atoms with Crippen LogP contribution in [0, 0.1) is 0 Å². The van der Waals surface area contributed by atoms with Crippen LogP contribution in [0.25, 0.3) is 33.5 Å². The number of hydrogen-bond acceptors (Lipinski definition) is 5. The van der Waals surface area contributed by atoms with Gasteiger partial charge >= 0.3 is 0 Å². The van der Waals surface area contributed by atoms with E-state index in [-0.39, 0.29) is 5.41 Å². The lowest BCUT2D eigenvalue weighted by molar-refractivity contribution is 0.205. The monoisotopic (exact) mass is 458 g/mol. The average Bonchev–Trinajstić information content (AvgIpc) is 3.50. The van der Waals surface area contributed by atoms with Crippen LogP contribution in [0.4, 0.5) is 0 Å². The van der Waals surface area contributed by atoms with Gasteiger partial charge in [0, 0.05) is 28.5 Å². The molecule has 4 aromatic rings. The number of likely N-dealkylation sites (tertiary alicyclic amines) is 1. The molecule has 0 aliphatic carbocycles. The molecule has 1 aliphatic heterocycles. The molecule has 1 aliphatic rings. The van der Waals surface area contributed by atoms with E-state index in [1.807, 2.05) is 24.3 Å². The Balaban J connectivity index is 1.27. The van der Waals surface area contributed by atoms with Crippen molar-refractivity contribution in [3.05, 3.63) is 48.3 Å². The van der Waals surface area contributed by atoms with E-state index in [9.17, 15) is 0 Å². The Hall–Kier alpha value is -3.19. The minimum atomic E-state index is -0.0759. The molecule has 178 valence electrons. The van der Waals surface area contributed by atoms with E-state index >= 15 is 0 Å². The predicted octanol–water partition coefficient (Wildman–Crippen LogP) is 5.57. The van der Waals surface area contributed by atoms with Crippen LogP contribution in [0.15, 0.2) is 42.5 Å². The van der Waals surface area contributed by atoms with Crippen molar-refractivity contribution in [3.63, 3.8) is 0 Å². The molecule has 2 aromatic heterocycles. The first-order chi connectivity index (χ1) is 16.5. The van der Waals surface area contributed by atoms with Crippen LogP contribution in [0.1, 0.15) is 52.3 Å². The van der Waals surface area contributed by atoms with Gasteiger partial charge in [0.15, 0.2) is 5.82 Å². The molecule has 1 saturated heterocycles. The largest absolute Gasteiger partial charge is 0.494 e. The molecule has 7 heteroatoms. The molecule has 5 rings (SSSR count). The second-order valence-corrected chi connectivity index (χ2v) is 10.2. The Morgan fingerprint density at radius 2 is 1.68 bits per heavy atom. The first-order valence-electron chi connectivity index (χ1n) is 12.3. The van der Waals surface area contributed by atoms with Crippen LogP contribution in [-0.2, 0) is 5.41 Å². The van der Waals surface area contributed by atoms with Crippen molar-refractivity contribution in [2.24, 2.45) is 0 Å². The quantitative estimate of drug-likeness (QED) is 0.354. The molecule has 2 N–H and O–H groups in total. The van der Waals surface area contributed by atoms with E-state index in [1.165, 1.54) is 32.4 Å². The van der Waals surface area contributed by atoms with Gasteiger partial charge in [0.2, 0.25) is 0 Å². The zero-order chi connectivity index (χ0) is 23.5. The number of aromatic nitrogens is 5. The zero-order valence-corrected chi connectivity index (χ0v) is 20.4. The Morgan fingerprint density at radius 1 is 0.912 bits per heavy atom. The summed E-state index contributed by atoms with van der Waals surface area (Å²) in [4.78, 5) is 7.26. The second kappa shape index (κ2) is 9.58. The number of H-pyrrole nitrogens is 2. The van der Waals surface area contributed by atoms with E-state index < -0.39 is 0 Å². The lowest BCUT2D eigenvalue weighted by Crippen LogP contribution is -2.31. The lowest BCUT2D eigenvalue weighted by atomic mass is 9.96. The second-order valence-electron chi connectivity index (χ2n) is 10.2. The van der Waals surface area contributed by atoms with E-state index in [0.717, 1.165) is 58.9 Å². The number of ether oxygens (including phenoxy) is 1. The Morgan fingerprint density at radius 3 is 2.41 bits per heavy atom. The fraction of sp³-hybridized carbons (Fsp3) is 0.444. The summed E-state index contributed by atoms with van der Waals surface area (Å²) < 4.78 is 5.99. The van der Waals surface area contributed by atoms with Crippen LogP contribution < -0.4 is 4.74 Å². The number of nitrogens with one attached hydrogen (secondary N) is 2. The third kappa shape index (κ3) is 4.99. The smallest absolute Gasteiger partial charge is 0.181 e. The number of aromatic amines is 2. The van der Waals surface area contributed by atoms with Crippen molar-refractivity contribution >= 4 is 10.9 Å². The number of fused-ring (bicyclic) bond motifs is 1. The summed E-state index contributed by atoms with van der Waals surface area (Å²) in [6.45, 7) is 10.7. The third-order valence-corrected chi connectivity index (χ3v) is 6.48. The van der Waals surface area contributed by atoms with Gasteiger partial charge in [-0.15, -0.1) is 0 Å². The highest BCUT2D eigenvalue weighted by molar-refractivity contribution is 5.95. The topological polar surface area (TPSA) is 82.7 Å². The maximum Gasteiger partial charge on any atom is 0.181 e. The molecule has 7 nitrogen and oxygen atoms in total. The summed E-state index contributed by atoms with van der Waals surface area (Å²) >= 11 is 0. The molecular weight excluding hydrogens is 424 g/mol. The summed E-state index contributed by atoms with van der Waals surface area (Å²) in [7, 11) is 0. The number of benzene rings is 2. The van der Waals surface area contributed by atoms with E-state index in [4.69, 9.17) is 9.72 Å². The van der Waals surface area contributed by atoms with Gasteiger partial charge < -0.3 is 9.64 Å². The molecule has 0 spiro atoms. The Kier molecular flexibility index (Phi) is 6.37. The van der Waals surface area contributed by atoms with Gasteiger partial charge in [-0.3, -0.25) is 10.2 Å². The van der Waals surface area contributed by atoms with Crippen LogP contribution in [-0.4, -0.2) is 56.5 Å². The number of rotatable bonds is 7. The SMILES string of the molecule is CC(C)(C)c1nc(-c2ccc3[nH]nc(-c4ccc(OCCCN5CCCCC5)cc4)c3c2)n[nH]1. The van der Waals surface area contributed by atoms with Gasteiger partial charge in [0.25, 0.3) is 0 Å². The van der Waals surface area contributed by atoms with Crippen LogP contribution in [0.2, 0.25) is 0 Å². The summed E-state index contributed by atoms with van der Waals surface area (Å²) in [5, 5.41) is 16.3. The van der Waals surface area contributed by atoms with Crippen LogP contribution >= 0.6 is 0 Å². The molecule has 0 unspecified atom stereocenters. The molecule has 0 amide bonds. The number of nitrogens with zero attached hydrogens (tertiary/aromatic N) is 4. The highest BCUT2D eigenvalue weighted by atomic mass is 16.5. The van der Waals surface area contributed by atoms with Gasteiger partial charge in [-0.2, -0.15) is 10.2 Å². The minimum Gasteiger partial charge on any atom is -0.494 e. The summed E-state index contributed by atoms with van der Waals surface area (Å²) in [5.74, 6) is 2.48. The fourth-order valence-corrected chi connectivity index (χ4v) is 4.47. The summed E-state index contributed by atoms with van der Waals surface area (Å²) in [5.41, 5.74) is 3.85. The van der Waals surface area contributed by atoms with Gasteiger partial charge in [0.1, 0.15) is 11.6 Å². The standard InChI is InChI=1S/C27H34N6O/c1-27(2,3)26-28-25(31-32-26)20-10-13-23-22(18-20)24(30-29-23)19-8-11-21(12-9-19)34-17-7-16-33-14-5-4-6-15-33/h8-13,18H,4-7,14-17H2,1-3H3,(H,29,30)(H,28,31,32). The fourth-order valence-electron chi connectivity index (χ4n) is 4.47. The Bertz CT molecular complexity index is 1230. The molecule has 0 bridgehead atoms. The summed E-state index contributed by atoms with van der Waals surface area (Å²) in [6.07, 6.45) is 5.11. The number of piperidine rings is 1. The van der Waals surface area contributed by atoms with Crippen molar-refractivity contribution in [2.45, 2.75) is 51.9 Å². The van der Waals surface area contributed by atoms with Gasteiger partial charge in [-0.05, 0) is 74.8 Å². The molecule has 1 fully saturated rings. The van der Waals surface area contributed by atoms with E-state index in [0.29, 0.717) is 5.82 Å². The summed E-state index contributed by atoms with van der Waals surface area (Å²) in [6, 6.07) is 14.4. The highest BCUT2D eigenvalue weighted by Crippen LogP contribution is 2.31. The minimum absolute atomic E-state index is 0.0759. The first-order valence-corrected chi connectivity index (χ1v) is 12.3. The molecule has 0 saturated carbocycles. The maximum absolute atomic E-state index is 5.99.